The number of carbonyl (C=O) groups excluding carboxylic acids is 1. The molecule has 0 N–H and O–H groups in total. The fraction of sp³-hybridized carbons (Fsp3) is 0.0714. The van der Waals surface area contributed by atoms with Crippen molar-refractivity contribution < 1.29 is 9.72 Å². The molecule has 0 radical (unpaired) electrons. The number of carbonyl (C=O) groups is 1. The summed E-state index contributed by atoms with van der Waals surface area (Å²) in [4.78, 5) is 21.2. The lowest BCUT2D eigenvalue weighted by atomic mass is 10.0. The van der Waals surface area contributed by atoms with E-state index in [4.69, 9.17) is 0 Å². The van der Waals surface area contributed by atoms with Crippen molar-refractivity contribution in [3.05, 3.63) is 64.2 Å². The molecule has 0 saturated heterocycles. The third kappa shape index (κ3) is 2.43. The van der Waals surface area contributed by atoms with Crippen molar-refractivity contribution in [3.63, 3.8) is 0 Å². The van der Waals surface area contributed by atoms with Crippen LogP contribution in [0.15, 0.2) is 48.5 Å². The van der Waals surface area contributed by atoms with Gasteiger partial charge in [-0.25, -0.2) is 0 Å². The zero-order valence-electron chi connectivity index (χ0n) is 9.79. The van der Waals surface area contributed by atoms with Crippen LogP contribution < -0.4 is 0 Å². The SMILES string of the molecule is CC(=O)c1ccc(-c2ccc([N+](=O)[O-])cc2)cc1. The predicted octanol–water partition coefficient (Wildman–Crippen LogP) is 3.46. The van der Waals surface area contributed by atoms with Crippen LogP contribution in [0.3, 0.4) is 0 Å². The van der Waals surface area contributed by atoms with Gasteiger partial charge in [-0.05, 0) is 30.2 Å². The fourth-order valence-electron chi connectivity index (χ4n) is 1.67. The molecule has 0 aliphatic carbocycles. The number of nitro benzene ring substituents is 1. The van der Waals surface area contributed by atoms with Gasteiger partial charge in [-0.15, -0.1) is 0 Å². The van der Waals surface area contributed by atoms with E-state index in [0.717, 1.165) is 11.1 Å². The van der Waals surface area contributed by atoms with Gasteiger partial charge < -0.3 is 0 Å². The molecule has 0 fully saturated rings. The lowest BCUT2D eigenvalue weighted by Gasteiger charge is -2.02. The van der Waals surface area contributed by atoms with Crippen LogP contribution in [0.4, 0.5) is 5.69 Å². The quantitative estimate of drug-likeness (QED) is 0.469. The first kappa shape index (κ1) is 12.0. The summed E-state index contributed by atoms with van der Waals surface area (Å²) in [7, 11) is 0. The topological polar surface area (TPSA) is 60.2 Å². The van der Waals surface area contributed by atoms with Crippen LogP contribution in [0.25, 0.3) is 11.1 Å². The maximum Gasteiger partial charge on any atom is 0.269 e. The minimum absolute atomic E-state index is 0.0187. The summed E-state index contributed by atoms with van der Waals surface area (Å²) in [6.45, 7) is 1.51. The molecule has 4 heteroatoms. The first-order valence-electron chi connectivity index (χ1n) is 5.44. The van der Waals surface area contributed by atoms with Crippen molar-refractivity contribution in [2.45, 2.75) is 6.92 Å². The Labute approximate surface area is 104 Å². The zero-order chi connectivity index (χ0) is 13.1. The molecule has 0 saturated carbocycles. The van der Waals surface area contributed by atoms with Crippen LogP contribution in [-0.2, 0) is 0 Å². The number of hydrogen-bond donors (Lipinski definition) is 0. The molecule has 0 aliphatic heterocycles. The Bertz CT molecular complexity index is 530. The summed E-state index contributed by atoms with van der Waals surface area (Å²) in [5.41, 5.74) is 2.53. The van der Waals surface area contributed by atoms with Crippen molar-refractivity contribution >= 4 is 11.5 Å². The normalized spacial score (nSPS) is 10.1. The number of rotatable bonds is 3. The summed E-state index contributed by atoms with van der Waals surface area (Å²) in [6, 6.07) is 13.5. The van der Waals surface area contributed by atoms with E-state index in [1.807, 2.05) is 12.1 Å². The summed E-state index contributed by atoms with van der Waals surface area (Å²) in [6.07, 6.45) is 0. The Hall–Kier alpha value is -2.49. The molecule has 0 atom stereocenters. The third-order valence-electron chi connectivity index (χ3n) is 2.70. The highest BCUT2D eigenvalue weighted by Gasteiger charge is 2.05. The van der Waals surface area contributed by atoms with Gasteiger partial charge in [0.25, 0.3) is 5.69 Å². The number of ketones is 1. The Morgan fingerprint density at radius 3 is 1.78 bits per heavy atom. The van der Waals surface area contributed by atoms with Gasteiger partial charge in [0.05, 0.1) is 4.92 Å². The molecule has 4 nitrogen and oxygen atoms in total. The monoisotopic (exact) mass is 241 g/mol. The van der Waals surface area contributed by atoms with Crippen molar-refractivity contribution in [2.24, 2.45) is 0 Å². The average molecular weight is 241 g/mol. The van der Waals surface area contributed by atoms with E-state index in [2.05, 4.69) is 0 Å². The molecule has 0 aromatic heterocycles. The second-order valence-electron chi connectivity index (χ2n) is 3.94. The fourth-order valence-corrected chi connectivity index (χ4v) is 1.67. The zero-order valence-corrected chi connectivity index (χ0v) is 9.79. The van der Waals surface area contributed by atoms with Gasteiger partial charge in [0.15, 0.2) is 5.78 Å². The number of Topliss-reactive ketones (excluding diaryl/α,β-unsaturated/α-hetero) is 1. The summed E-state index contributed by atoms with van der Waals surface area (Å²) < 4.78 is 0. The molecule has 0 bridgehead atoms. The van der Waals surface area contributed by atoms with E-state index in [1.165, 1.54) is 19.1 Å². The molecular formula is C14H11NO3. The summed E-state index contributed by atoms with van der Waals surface area (Å²) >= 11 is 0. The van der Waals surface area contributed by atoms with Crippen LogP contribution in [0.5, 0.6) is 0 Å². The maximum absolute atomic E-state index is 11.1. The first-order valence-corrected chi connectivity index (χ1v) is 5.44. The Morgan fingerprint density at radius 1 is 0.944 bits per heavy atom. The molecular weight excluding hydrogens is 230 g/mol. The molecule has 18 heavy (non-hydrogen) atoms. The minimum Gasteiger partial charge on any atom is -0.295 e. The van der Waals surface area contributed by atoms with Gasteiger partial charge in [-0.3, -0.25) is 14.9 Å². The van der Waals surface area contributed by atoms with Gasteiger partial charge in [-0.1, -0.05) is 24.3 Å². The van der Waals surface area contributed by atoms with Gasteiger partial charge in [0.2, 0.25) is 0 Å². The van der Waals surface area contributed by atoms with Crippen molar-refractivity contribution in [3.8, 4) is 11.1 Å². The van der Waals surface area contributed by atoms with Gasteiger partial charge >= 0.3 is 0 Å². The van der Waals surface area contributed by atoms with Crippen LogP contribution in [-0.4, -0.2) is 10.7 Å². The van der Waals surface area contributed by atoms with Crippen molar-refractivity contribution in [1.82, 2.24) is 0 Å². The van der Waals surface area contributed by atoms with E-state index in [9.17, 15) is 14.9 Å². The maximum atomic E-state index is 11.1. The van der Waals surface area contributed by atoms with Crippen molar-refractivity contribution in [1.29, 1.82) is 0 Å². The van der Waals surface area contributed by atoms with Gasteiger partial charge in [-0.2, -0.15) is 0 Å². The number of non-ortho nitro benzene ring substituents is 1. The summed E-state index contributed by atoms with van der Waals surface area (Å²) in [5.74, 6) is 0.0187. The molecule has 0 heterocycles. The smallest absolute Gasteiger partial charge is 0.269 e. The second kappa shape index (κ2) is 4.79. The van der Waals surface area contributed by atoms with E-state index in [0.29, 0.717) is 5.56 Å². The molecule has 0 aliphatic rings. The molecule has 0 spiro atoms. The molecule has 90 valence electrons. The summed E-state index contributed by atoms with van der Waals surface area (Å²) in [5, 5.41) is 10.5. The van der Waals surface area contributed by atoms with Crippen LogP contribution in [0.2, 0.25) is 0 Å². The Kier molecular flexibility index (Phi) is 3.19. The van der Waals surface area contributed by atoms with Crippen LogP contribution in [0, 0.1) is 10.1 Å². The van der Waals surface area contributed by atoms with E-state index < -0.39 is 4.92 Å². The molecule has 2 aromatic carbocycles. The molecule has 2 aromatic rings. The average Bonchev–Trinajstić information content (AvgIpc) is 2.39. The molecule has 2 rings (SSSR count). The lowest BCUT2D eigenvalue weighted by molar-refractivity contribution is -0.384. The number of nitrogens with zero attached hydrogens (tertiary/aromatic N) is 1. The third-order valence-corrected chi connectivity index (χ3v) is 2.70. The van der Waals surface area contributed by atoms with Crippen LogP contribution >= 0.6 is 0 Å². The molecule has 0 amide bonds. The minimum atomic E-state index is -0.428. The predicted molar refractivity (Wildman–Crippen MR) is 68.5 cm³/mol. The largest absolute Gasteiger partial charge is 0.295 e. The highest BCUT2D eigenvalue weighted by molar-refractivity contribution is 5.94. The highest BCUT2D eigenvalue weighted by Crippen LogP contribution is 2.22. The van der Waals surface area contributed by atoms with E-state index >= 15 is 0 Å². The van der Waals surface area contributed by atoms with Gasteiger partial charge in [0.1, 0.15) is 0 Å². The Morgan fingerprint density at radius 2 is 1.39 bits per heavy atom. The number of nitro groups is 1. The van der Waals surface area contributed by atoms with Crippen molar-refractivity contribution in [2.75, 3.05) is 0 Å². The highest BCUT2D eigenvalue weighted by atomic mass is 16.6. The van der Waals surface area contributed by atoms with Gasteiger partial charge in [0, 0.05) is 17.7 Å². The van der Waals surface area contributed by atoms with E-state index in [1.54, 1.807) is 24.3 Å². The number of hydrogen-bond acceptors (Lipinski definition) is 3. The molecule has 0 unspecified atom stereocenters. The van der Waals surface area contributed by atoms with Crippen LogP contribution in [0.1, 0.15) is 17.3 Å². The second-order valence-corrected chi connectivity index (χ2v) is 3.94. The Balaban J connectivity index is 2.31. The number of benzene rings is 2. The first-order chi connectivity index (χ1) is 8.58. The standard InChI is InChI=1S/C14H11NO3/c1-10(16)11-2-4-12(5-3-11)13-6-8-14(9-7-13)15(17)18/h2-9H,1H3. The lowest BCUT2D eigenvalue weighted by Crippen LogP contribution is -1.91. The van der Waals surface area contributed by atoms with E-state index in [-0.39, 0.29) is 11.5 Å².